The lowest BCUT2D eigenvalue weighted by atomic mass is 10.0. The molecule has 2 aromatic carbocycles. The van der Waals surface area contributed by atoms with E-state index in [9.17, 15) is 19.5 Å². The number of rotatable bonds is 3. The number of benzene rings is 2. The summed E-state index contributed by atoms with van der Waals surface area (Å²) in [5.41, 5.74) is 1.04. The third kappa shape index (κ3) is 2.53. The first-order chi connectivity index (χ1) is 12.5. The maximum Gasteiger partial charge on any atom is 0.339 e. The standard InChI is InChI=1S/C18H12BrNO6/c19-10-2-3-12-11(7-10)15(21)17(22)20(12)8-9-1-4-13-16(14(9)18(23)24)26-6-5-25-13/h1-4,7H,5-6,8H2,(H,23,24). The maximum atomic E-state index is 12.4. The predicted molar refractivity (Wildman–Crippen MR) is 94.1 cm³/mol. The Kier molecular flexibility index (Phi) is 3.91. The highest BCUT2D eigenvalue weighted by molar-refractivity contribution is 9.10. The van der Waals surface area contributed by atoms with Gasteiger partial charge in [-0.25, -0.2) is 4.79 Å². The van der Waals surface area contributed by atoms with Gasteiger partial charge in [-0.3, -0.25) is 9.59 Å². The lowest BCUT2D eigenvalue weighted by Crippen LogP contribution is -2.30. The smallest absolute Gasteiger partial charge is 0.339 e. The molecule has 0 aromatic heterocycles. The number of ketones is 1. The summed E-state index contributed by atoms with van der Waals surface area (Å²) in [6, 6.07) is 8.14. The van der Waals surface area contributed by atoms with E-state index in [1.807, 2.05) is 0 Å². The van der Waals surface area contributed by atoms with Gasteiger partial charge < -0.3 is 19.5 Å². The van der Waals surface area contributed by atoms with Crippen LogP contribution in [-0.4, -0.2) is 36.0 Å². The number of halogens is 1. The van der Waals surface area contributed by atoms with Gasteiger partial charge in [0, 0.05) is 4.47 Å². The minimum absolute atomic E-state index is 0.0581. The lowest BCUT2D eigenvalue weighted by Gasteiger charge is -2.23. The first-order valence-electron chi connectivity index (χ1n) is 7.78. The summed E-state index contributed by atoms with van der Waals surface area (Å²) < 4.78 is 11.6. The molecule has 2 aromatic rings. The van der Waals surface area contributed by atoms with Gasteiger partial charge >= 0.3 is 5.97 Å². The fraction of sp³-hybridized carbons (Fsp3) is 0.167. The molecule has 26 heavy (non-hydrogen) atoms. The number of amides is 1. The van der Waals surface area contributed by atoms with Crippen LogP contribution >= 0.6 is 15.9 Å². The Balaban J connectivity index is 1.78. The number of hydrogen-bond donors (Lipinski definition) is 1. The molecule has 132 valence electrons. The topological polar surface area (TPSA) is 93.1 Å². The molecule has 0 spiro atoms. The molecule has 0 radical (unpaired) electrons. The summed E-state index contributed by atoms with van der Waals surface area (Å²) in [5.74, 6) is -1.99. The monoisotopic (exact) mass is 417 g/mol. The highest BCUT2D eigenvalue weighted by Gasteiger charge is 2.37. The van der Waals surface area contributed by atoms with Gasteiger partial charge in [-0.15, -0.1) is 0 Å². The van der Waals surface area contributed by atoms with E-state index < -0.39 is 17.7 Å². The summed E-state index contributed by atoms with van der Waals surface area (Å²) in [7, 11) is 0. The van der Waals surface area contributed by atoms with E-state index in [1.165, 1.54) is 4.90 Å². The third-order valence-corrected chi connectivity index (χ3v) is 4.76. The number of carboxylic acid groups (broad SMARTS) is 1. The number of ether oxygens (including phenoxy) is 2. The number of anilines is 1. The van der Waals surface area contributed by atoms with Crippen LogP contribution in [0, 0.1) is 0 Å². The van der Waals surface area contributed by atoms with Crippen LogP contribution in [0.2, 0.25) is 0 Å². The number of fused-ring (bicyclic) bond motifs is 2. The minimum atomic E-state index is -1.18. The summed E-state index contributed by atoms with van der Waals surface area (Å²) in [6.45, 7) is 0.527. The van der Waals surface area contributed by atoms with Crippen molar-refractivity contribution in [2.24, 2.45) is 0 Å². The van der Waals surface area contributed by atoms with Crippen molar-refractivity contribution in [3.05, 3.63) is 51.5 Å². The molecule has 1 N–H and O–H groups in total. The van der Waals surface area contributed by atoms with E-state index in [0.717, 1.165) is 0 Å². The fourth-order valence-corrected chi connectivity index (χ4v) is 3.48. The number of aromatic carboxylic acids is 1. The molecule has 0 saturated heterocycles. The fourth-order valence-electron chi connectivity index (χ4n) is 3.12. The van der Waals surface area contributed by atoms with Crippen LogP contribution < -0.4 is 14.4 Å². The van der Waals surface area contributed by atoms with Crippen LogP contribution in [-0.2, 0) is 11.3 Å². The van der Waals surface area contributed by atoms with E-state index in [1.54, 1.807) is 30.3 Å². The molecule has 0 saturated carbocycles. The molecule has 1 amide bonds. The van der Waals surface area contributed by atoms with Crippen LogP contribution in [0.5, 0.6) is 11.5 Å². The molecule has 0 unspecified atom stereocenters. The summed E-state index contributed by atoms with van der Waals surface area (Å²) in [6.07, 6.45) is 0. The highest BCUT2D eigenvalue weighted by atomic mass is 79.9. The molecule has 0 atom stereocenters. The molecule has 2 aliphatic heterocycles. The summed E-state index contributed by atoms with van der Waals surface area (Å²) >= 11 is 3.28. The summed E-state index contributed by atoms with van der Waals surface area (Å²) in [5, 5.41) is 9.63. The molecular weight excluding hydrogens is 406 g/mol. The molecule has 4 rings (SSSR count). The Morgan fingerprint density at radius 2 is 1.92 bits per heavy atom. The van der Waals surface area contributed by atoms with Crippen LogP contribution in [0.25, 0.3) is 0 Å². The van der Waals surface area contributed by atoms with Crippen LogP contribution in [0.15, 0.2) is 34.8 Å². The average molecular weight is 418 g/mol. The molecular formula is C18H12BrNO6. The second-order valence-electron chi connectivity index (χ2n) is 5.81. The second-order valence-corrected chi connectivity index (χ2v) is 6.73. The quantitative estimate of drug-likeness (QED) is 0.771. The van der Waals surface area contributed by atoms with Gasteiger partial charge in [-0.05, 0) is 29.8 Å². The first kappa shape index (κ1) is 16.6. The zero-order valence-corrected chi connectivity index (χ0v) is 14.9. The van der Waals surface area contributed by atoms with E-state index in [0.29, 0.717) is 33.6 Å². The van der Waals surface area contributed by atoms with Crippen molar-refractivity contribution in [1.29, 1.82) is 0 Å². The van der Waals surface area contributed by atoms with E-state index in [4.69, 9.17) is 9.47 Å². The van der Waals surface area contributed by atoms with Gasteiger partial charge in [0.1, 0.15) is 18.8 Å². The molecule has 7 nitrogen and oxygen atoms in total. The van der Waals surface area contributed by atoms with Crippen molar-refractivity contribution in [2.45, 2.75) is 6.54 Å². The normalized spacial score (nSPS) is 15.2. The Morgan fingerprint density at radius 1 is 1.15 bits per heavy atom. The zero-order chi connectivity index (χ0) is 18.4. The Bertz CT molecular complexity index is 970. The average Bonchev–Trinajstić information content (AvgIpc) is 2.85. The molecule has 2 heterocycles. The lowest BCUT2D eigenvalue weighted by molar-refractivity contribution is -0.114. The molecule has 0 fully saturated rings. The SMILES string of the molecule is O=C1C(=O)N(Cc2ccc3c(c2C(=O)O)OCCO3)c2ccc(Br)cc21. The predicted octanol–water partition coefficient (Wildman–Crippen LogP) is 2.65. The van der Waals surface area contributed by atoms with Crippen molar-refractivity contribution in [3.63, 3.8) is 0 Å². The van der Waals surface area contributed by atoms with Crippen molar-refractivity contribution in [3.8, 4) is 11.5 Å². The van der Waals surface area contributed by atoms with Gasteiger partial charge in [0.15, 0.2) is 11.5 Å². The van der Waals surface area contributed by atoms with E-state index >= 15 is 0 Å². The van der Waals surface area contributed by atoms with Crippen molar-refractivity contribution >= 4 is 39.3 Å². The number of nitrogens with zero attached hydrogens (tertiary/aromatic N) is 1. The van der Waals surface area contributed by atoms with Gasteiger partial charge in [-0.1, -0.05) is 22.0 Å². The molecule has 0 aliphatic carbocycles. The number of carboxylic acids is 1. The molecule has 8 heteroatoms. The van der Waals surface area contributed by atoms with Crippen LogP contribution in [0.4, 0.5) is 5.69 Å². The largest absolute Gasteiger partial charge is 0.486 e. The van der Waals surface area contributed by atoms with Crippen LogP contribution in [0.1, 0.15) is 26.3 Å². The number of hydrogen-bond acceptors (Lipinski definition) is 5. The number of carbonyl (C=O) groups is 3. The van der Waals surface area contributed by atoms with Gasteiger partial charge in [0.2, 0.25) is 0 Å². The maximum absolute atomic E-state index is 12.4. The van der Waals surface area contributed by atoms with Crippen LogP contribution in [0.3, 0.4) is 0 Å². The van der Waals surface area contributed by atoms with Gasteiger partial charge in [-0.2, -0.15) is 0 Å². The Morgan fingerprint density at radius 3 is 2.69 bits per heavy atom. The van der Waals surface area contributed by atoms with E-state index in [2.05, 4.69) is 15.9 Å². The molecule has 2 aliphatic rings. The second kappa shape index (κ2) is 6.14. The molecule has 0 bridgehead atoms. The Hall–Kier alpha value is -2.87. The van der Waals surface area contributed by atoms with Crippen molar-refractivity contribution in [2.75, 3.05) is 18.1 Å². The van der Waals surface area contributed by atoms with Gasteiger partial charge in [0.05, 0.1) is 17.8 Å². The highest BCUT2D eigenvalue weighted by Crippen LogP contribution is 2.38. The number of carbonyl (C=O) groups excluding carboxylic acids is 2. The van der Waals surface area contributed by atoms with Crippen molar-refractivity contribution in [1.82, 2.24) is 0 Å². The van der Waals surface area contributed by atoms with Gasteiger partial charge in [0.25, 0.3) is 11.7 Å². The van der Waals surface area contributed by atoms with E-state index in [-0.39, 0.29) is 24.5 Å². The first-order valence-corrected chi connectivity index (χ1v) is 8.57. The number of Topliss-reactive ketones (excluding diaryl/α,β-unsaturated/α-hetero) is 1. The Labute approximate surface area is 156 Å². The summed E-state index contributed by atoms with van der Waals surface area (Å²) in [4.78, 5) is 37.7. The zero-order valence-electron chi connectivity index (χ0n) is 13.3. The third-order valence-electron chi connectivity index (χ3n) is 4.27. The van der Waals surface area contributed by atoms with Crippen molar-refractivity contribution < 1.29 is 29.0 Å². The minimum Gasteiger partial charge on any atom is -0.486 e.